The Hall–Kier alpha value is -2.68. The number of hydrogen-bond donors (Lipinski definition) is 1. The van der Waals surface area contributed by atoms with Gasteiger partial charge in [0.05, 0.1) is 0 Å². The van der Waals surface area contributed by atoms with Gasteiger partial charge in [-0.2, -0.15) is 0 Å². The molecular formula is C28H31ClN2. The molecule has 0 spiro atoms. The number of benzene rings is 3. The fraction of sp³-hybridized carbons (Fsp3) is 0.250. The molecule has 31 heavy (non-hydrogen) atoms. The van der Waals surface area contributed by atoms with Gasteiger partial charge in [-0.05, 0) is 54.0 Å². The van der Waals surface area contributed by atoms with Crippen molar-refractivity contribution in [2.45, 2.75) is 44.7 Å². The van der Waals surface area contributed by atoms with E-state index in [4.69, 9.17) is 0 Å². The average Bonchev–Trinajstić information content (AvgIpc) is 2.81. The van der Waals surface area contributed by atoms with Crippen molar-refractivity contribution in [1.82, 2.24) is 10.3 Å². The number of hydrogen-bond acceptors (Lipinski definition) is 2. The monoisotopic (exact) mass is 430 g/mol. The molecule has 1 atom stereocenters. The summed E-state index contributed by atoms with van der Waals surface area (Å²) in [4.78, 5) is 4.19. The van der Waals surface area contributed by atoms with Crippen molar-refractivity contribution >= 4 is 23.2 Å². The molecule has 0 saturated heterocycles. The third kappa shape index (κ3) is 6.40. The van der Waals surface area contributed by atoms with Crippen LogP contribution in [0.4, 0.5) is 0 Å². The summed E-state index contributed by atoms with van der Waals surface area (Å²) in [5.41, 5.74) is 4.15. The second kappa shape index (κ2) is 11.6. The maximum atomic E-state index is 4.19. The van der Waals surface area contributed by atoms with E-state index in [2.05, 4.69) is 102 Å². The Labute approximate surface area is 192 Å². The van der Waals surface area contributed by atoms with E-state index >= 15 is 0 Å². The third-order valence-electron chi connectivity index (χ3n) is 5.89. The number of nitrogens with one attached hydrogen (secondary N) is 1. The Balaban J connectivity index is 0.00000272. The van der Waals surface area contributed by atoms with E-state index in [-0.39, 0.29) is 12.4 Å². The molecule has 0 radical (unpaired) electrons. The van der Waals surface area contributed by atoms with E-state index in [1.165, 1.54) is 46.7 Å². The Morgan fingerprint density at radius 2 is 1.45 bits per heavy atom. The van der Waals surface area contributed by atoms with Crippen LogP contribution in [0.5, 0.6) is 0 Å². The van der Waals surface area contributed by atoms with Crippen LogP contribution in [-0.4, -0.2) is 11.0 Å². The molecule has 2 nitrogen and oxygen atoms in total. The first kappa shape index (κ1) is 23.0. The SMILES string of the molecule is C[C@H](CCCC(c1ccccc1)c1ccccc1)NCc1ccc2cnccc2c1.Cl. The largest absolute Gasteiger partial charge is 0.310 e. The number of aromatic nitrogens is 1. The summed E-state index contributed by atoms with van der Waals surface area (Å²) in [5.74, 6) is 0.466. The highest BCUT2D eigenvalue weighted by atomic mass is 35.5. The number of halogens is 1. The first-order valence-electron chi connectivity index (χ1n) is 11.0. The maximum Gasteiger partial charge on any atom is 0.0346 e. The van der Waals surface area contributed by atoms with Gasteiger partial charge in [0.25, 0.3) is 0 Å². The number of fused-ring (bicyclic) bond motifs is 1. The summed E-state index contributed by atoms with van der Waals surface area (Å²) in [6.45, 7) is 3.20. The minimum absolute atomic E-state index is 0. The Bertz CT molecular complexity index is 1010. The van der Waals surface area contributed by atoms with E-state index in [1.54, 1.807) is 0 Å². The molecule has 3 aromatic carbocycles. The second-order valence-electron chi connectivity index (χ2n) is 8.14. The minimum atomic E-state index is 0. The third-order valence-corrected chi connectivity index (χ3v) is 5.89. The molecule has 3 heteroatoms. The van der Waals surface area contributed by atoms with E-state index in [0.29, 0.717) is 12.0 Å². The molecule has 0 aliphatic heterocycles. The van der Waals surface area contributed by atoms with Gasteiger partial charge in [0, 0.05) is 36.3 Å². The maximum absolute atomic E-state index is 4.19. The van der Waals surface area contributed by atoms with E-state index < -0.39 is 0 Å². The topological polar surface area (TPSA) is 24.9 Å². The lowest BCUT2D eigenvalue weighted by Gasteiger charge is -2.20. The van der Waals surface area contributed by atoms with Crippen LogP contribution in [0.2, 0.25) is 0 Å². The molecule has 0 amide bonds. The van der Waals surface area contributed by atoms with Gasteiger partial charge in [-0.25, -0.2) is 0 Å². The highest BCUT2D eigenvalue weighted by molar-refractivity contribution is 5.85. The van der Waals surface area contributed by atoms with Crippen molar-refractivity contribution in [3.8, 4) is 0 Å². The van der Waals surface area contributed by atoms with Crippen LogP contribution in [0.25, 0.3) is 10.8 Å². The lowest BCUT2D eigenvalue weighted by Crippen LogP contribution is -2.25. The first-order chi connectivity index (χ1) is 14.8. The van der Waals surface area contributed by atoms with Gasteiger partial charge in [0.15, 0.2) is 0 Å². The molecule has 4 aromatic rings. The molecule has 0 saturated carbocycles. The van der Waals surface area contributed by atoms with Gasteiger partial charge in [-0.3, -0.25) is 4.98 Å². The van der Waals surface area contributed by atoms with Gasteiger partial charge < -0.3 is 5.32 Å². The Morgan fingerprint density at radius 3 is 2.13 bits per heavy atom. The molecule has 1 aromatic heterocycles. The lowest BCUT2D eigenvalue weighted by molar-refractivity contribution is 0.480. The summed E-state index contributed by atoms with van der Waals surface area (Å²) in [5, 5.41) is 6.15. The summed E-state index contributed by atoms with van der Waals surface area (Å²) in [6.07, 6.45) is 7.33. The molecule has 1 N–H and O–H groups in total. The predicted octanol–water partition coefficient (Wildman–Crippen LogP) is 7.14. The van der Waals surface area contributed by atoms with Crippen LogP contribution in [-0.2, 0) is 6.54 Å². The molecule has 1 heterocycles. The lowest BCUT2D eigenvalue weighted by atomic mass is 9.86. The zero-order valence-corrected chi connectivity index (χ0v) is 18.9. The Morgan fingerprint density at radius 1 is 0.774 bits per heavy atom. The molecule has 0 aliphatic rings. The summed E-state index contributed by atoms with van der Waals surface area (Å²) in [6, 6.07) is 31.0. The highest BCUT2D eigenvalue weighted by Gasteiger charge is 2.14. The van der Waals surface area contributed by atoms with Crippen LogP contribution in [0, 0.1) is 0 Å². The summed E-state index contributed by atoms with van der Waals surface area (Å²) >= 11 is 0. The van der Waals surface area contributed by atoms with Crippen molar-refractivity contribution in [2.24, 2.45) is 0 Å². The van der Waals surface area contributed by atoms with Gasteiger partial charge in [-0.1, -0.05) is 79.2 Å². The second-order valence-corrected chi connectivity index (χ2v) is 8.14. The average molecular weight is 431 g/mol. The smallest absolute Gasteiger partial charge is 0.0346 e. The molecule has 160 valence electrons. The van der Waals surface area contributed by atoms with Crippen LogP contribution >= 0.6 is 12.4 Å². The highest BCUT2D eigenvalue weighted by Crippen LogP contribution is 2.29. The van der Waals surface area contributed by atoms with Crippen LogP contribution < -0.4 is 5.32 Å². The quantitative estimate of drug-likeness (QED) is 0.305. The zero-order chi connectivity index (χ0) is 20.6. The van der Waals surface area contributed by atoms with Crippen molar-refractivity contribution in [3.63, 3.8) is 0 Å². The van der Waals surface area contributed by atoms with Gasteiger partial charge in [-0.15, -0.1) is 12.4 Å². The normalized spacial score (nSPS) is 11.9. The Kier molecular flexibility index (Phi) is 8.63. The molecule has 0 aliphatic carbocycles. The van der Waals surface area contributed by atoms with Crippen LogP contribution in [0.3, 0.4) is 0 Å². The van der Waals surface area contributed by atoms with Gasteiger partial charge in [0.1, 0.15) is 0 Å². The summed E-state index contributed by atoms with van der Waals surface area (Å²) < 4.78 is 0. The molecule has 0 fully saturated rings. The minimum Gasteiger partial charge on any atom is -0.310 e. The fourth-order valence-corrected chi connectivity index (χ4v) is 4.16. The van der Waals surface area contributed by atoms with E-state index in [9.17, 15) is 0 Å². The van der Waals surface area contributed by atoms with Crippen molar-refractivity contribution in [3.05, 3.63) is 114 Å². The zero-order valence-electron chi connectivity index (χ0n) is 18.1. The molecule has 0 unspecified atom stereocenters. The fourth-order valence-electron chi connectivity index (χ4n) is 4.16. The predicted molar refractivity (Wildman–Crippen MR) is 134 cm³/mol. The number of nitrogens with zero attached hydrogens (tertiary/aromatic N) is 1. The van der Waals surface area contributed by atoms with Crippen molar-refractivity contribution in [2.75, 3.05) is 0 Å². The number of rotatable bonds is 9. The van der Waals surface area contributed by atoms with Gasteiger partial charge in [0.2, 0.25) is 0 Å². The molecule has 0 bridgehead atoms. The van der Waals surface area contributed by atoms with Crippen LogP contribution in [0.1, 0.15) is 48.8 Å². The summed E-state index contributed by atoms with van der Waals surface area (Å²) in [7, 11) is 0. The van der Waals surface area contributed by atoms with Crippen molar-refractivity contribution < 1.29 is 0 Å². The first-order valence-corrected chi connectivity index (χ1v) is 11.0. The van der Waals surface area contributed by atoms with E-state index in [1.807, 2.05) is 12.4 Å². The molecular weight excluding hydrogens is 400 g/mol. The molecule has 4 rings (SSSR count). The van der Waals surface area contributed by atoms with Gasteiger partial charge >= 0.3 is 0 Å². The number of pyridine rings is 1. The van der Waals surface area contributed by atoms with E-state index in [0.717, 1.165) is 6.54 Å². The standard InChI is InChI=1S/C28H30N2.ClH/c1-22(30-20-23-15-16-27-21-29-18-17-26(27)19-23)9-8-14-28(24-10-4-2-5-11-24)25-12-6-3-7-13-25;/h2-7,10-13,15-19,21-22,28,30H,8-9,14,20H2,1H3;1H/t22-;/m1./s1. The van der Waals surface area contributed by atoms with Crippen molar-refractivity contribution in [1.29, 1.82) is 0 Å². The van der Waals surface area contributed by atoms with Crippen LogP contribution in [0.15, 0.2) is 97.3 Å².